The Balaban J connectivity index is 2.47. The van der Waals surface area contributed by atoms with Crippen LogP contribution in [0.1, 0.15) is 13.3 Å². The molecule has 0 radical (unpaired) electrons. The minimum Gasteiger partial charge on any atom is -0.494 e. The average molecular weight is 220 g/mol. The number of rotatable bonds is 6. The van der Waals surface area contributed by atoms with Gasteiger partial charge in [0.05, 0.1) is 25.1 Å². The second-order valence-electron chi connectivity index (χ2n) is 3.34. The smallest absolute Gasteiger partial charge is 0.123 e. The zero-order valence-corrected chi connectivity index (χ0v) is 9.35. The zero-order valence-electron chi connectivity index (χ0n) is 9.35. The van der Waals surface area contributed by atoms with Gasteiger partial charge in [-0.25, -0.2) is 0 Å². The lowest BCUT2D eigenvalue weighted by molar-refractivity contribution is 0.285. The lowest BCUT2D eigenvalue weighted by atomic mass is 10.2. The van der Waals surface area contributed by atoms with E-state index in [1.54, 1.807) is 0 Å². The van der Waals surface area contributed by atoms with Crippen molar-refractivity contribution in [3.05, 3.63) is 24.3 Å². The summed E-state index contributed by atoms with van der Waals surface area (Å²) in [6.45, 7) is 2.89. The molecule has 0 saturated carbocycles. The molecule has 16 heavy (non-hydrogen) atoms. The van der Waals surface area contributed by atoms with E-state index in [-0.39, 0.29) is 6.04 Å². The Morgan fingerprint density at radius 3 is 2.69 bits per heavy atom. The number of hydrogen-bond acceptors (Lipinski definition) is 4. The Morgan fingerprint density at radius 1 is 1.38 bits per heavy atom. The molecule has 0 heterocycles. The van der Waals surface area contributed by atoms with E-state index in [9.17, 15) is 0 Å². The molecule has 2 N–H and O–H groups in total. The van der Waals surface area contributed by atoms with Crippen LogP contribution in [0.15, 0.2) is 24.3 Å². The SMILES string of the molecule is CCOc1cccc(OCC(N)CC#N)c1. The molecule has 0 aromatic heterocycles. The van der Waals surface area contributed by atoms with Crippen LogP contribution >= 0.6 is 0 Å². The molecular formula is C12H16N2O2. The summed E-state index contributed by atoms with van der Waals surface area (Å²) in [6.07, 6.45) is 0.297. The Bertz CT molecular complexity index is 360. The van der Waals surface area contributed by atoms with E-state index in [0.717, 1.165) is 5.75 Å². The van der Waals surface area contributed by atoms with Gasteiger partial charge in [-0.05, 0) is 19.1 Å². The molecule has 0 amide bonds. The van der Waals surface area contributed by atoms with Gasteiger partial charge in [0, 0.05) is 6.07 Å². The first-order valence-corrected chi connectivity index (χ1v) is 5.24. The fourth-order valence-electron chi connectivity index (χ4n) is 1.20. The van der Waals surface area contributed by atoms with Gasteiger partial charge in [0.1, 0.15) is 18.1 Å². The van der Waals surface area contributed by atoms with Crippen LogP contribution in [0.4, 0.5) is 0 Å². The third-order valence-corrected chi connectivity index (χ3v) is 1.93. The first-order valence-electron chi connectivity index (χ1n) is 5.24. The Kier molecular flexibility index (Phi) is 5.17. The summed E-state index contributed by atoms with van der Waals surface area (Å²) < 4.78 is 10.8. The zero-order chi connectivity index (χ0) is 11.8. The molecule has 0 saturated heterocycles. The summed E-state index contributed by atoms with van der Waals surface area (Å²) >= 11 is 0. The molecule has 86 valence electrons. The molecule has 0 aliphatic heterocycles. The van der Waals surface area contributed by atoms with Crippen molar-refractivity contribution in [2.75, 3.05) is 13.2 Å². The summed E-state index contributed by atoms with van der Waals surface area (Å²) in [7, 11) is 0. The van der Waals surface area contributed by atoms with Gasteiger partial charge in [-0.2, -0.15) is 5.26 Å². The summed E-state index contributed by atoms with van der Waals surface area (Å²) in [5.41, 5.74) is 5.65. The quantitative estimate of drug-likeness (QED) is 0.792. The van der Waals surface area contributed by atoms with Gasteiger partial charge < -0.3 is 15.2 Å². The first-order chi connectivity index (χ1) is 7.76. The second-order valence-corrected chi connectivity index (χ2v) is 3.34. The Hall–Kier alpha value is -1.73. The van der Waals surface area contributed by atoms with E-state index in [1.807, 2.05) is 37.3 Å². The van der Waals surface area contributed by atoms with E-state index in [0.29, 0.717) is 25.4 Å². The Labute approximate surface area is 95.6 Å². The largest absolute Gasteiger partial charge is 0.494 e. The van der Waals surface area contributed by atoms with E-state index in [4.69, 9.17) is 20.5 Å². The van der Waals surface area contributed by atoms with E-state index in [2.05, 4.69) is 0 Å². The Morgan fingerprint density at radius 2 is 2.06 bits per heavy atom. The molecule has 0 fully saturated rings. The molecule has 4 nitrogen and oxygen atoms in total. The van der Waals surface area contributed by atoms with Crippen LogP contribution in [0.2, 0.25) is 0 Å². The molecule has 0 aliphatic rings. The predicted molar refractivity (Wildman–Crippen MR) is 61.3 cm³/mol. The molecule has 1 aromatic carbocycles. The lowest BCUT2D eigenvalue weighted by Crippen LogP contribution is -2.27. The average Bonchev–Trinajstić information content (AvgIpc) is 2.28. The standard InChI is InChI=1S/C12H16N2O2/c1-2-15-11-4-3-5-12(8-11)16-9-10(14)6-7-13/h3-5,8,10H,2,6,9,14H2,1H3. The predicted octanol–water partition coefficient (Wildman–Crippen LogP) is 1.71. The van der Waals surface area contributed by atoms with E-state index in [1.165, 1.54) is 0 Å². The van der Waals surface area contributed by atoms with E-state index >= 15 is 0 Å². The van der Waals surface area contributed by atoms with Crippen molar-refractivity contribution in [1.29, 1.82) is 5.26 Å². The maximum atomic E-state index is 8.44. The monoisotopic (exact) mass is 220 g/mol. The second kappa shape index (κ2) is 6.70. The highest BCUT2D eigenvalue weighted by molar-refractivity contribution is 5.32. The molecule has 1 atom stereocenters. The van der Waals surface area contributed by atoms with Crippen molar-refractivity contribution in [3.63, 3.8) is 0 Å². The fourth-order valence-corrected chi connectivity index (χ4v) is 1.20. The van der Waals surface area contributed by atoms with Gasteiger partial charge in [-0.1, -0.05) is 6.07 Å². The van der Waals surface area contributed by atoms with Crippen LogP contribution in [0.3, 0.4) is 0 Å². The number of hydrogen-bond donors (Lipinski definition) is 1. The maximum absolute atomic E-state index is 8.44. The van der Waals surface area contributed by atoms with Gasteiger partial charge >= 0.3 is 0 Å². The first kappa shape index (κ1) is 12.3. The third-order valence-electron chi connectivity index (χ3n) is 1.93. The van der Waals surface area contributed by atoms with Gasteiger partial charge in [0.25, 0.3) is 0 Å². The van der Waals surface area contributed by atoms with Crippen LogP contribution in [0.25, 0.3) is 0 Å². The van der Waals surface area contributed by atoms with Gasteiger partial charge in [0.15, 0.2) is 0 Å². The summed E-state index contributed by atoms with van der Waals surface area (Å²) in [4.78, 5) is 0. The van der Waals surface area contributed by atoms with Crippen LogP contribution < -0.4 is 15.2 Å². The third kappa shape index (κ3) is 4.20. The molecule has 0 bridgehead atoms. The highest BCUT2D eigenvalue weighted by Crippen LogP contribution is 2.19. The fraction of sp³-hybridized carbons (Fsp3) is 0.417. The maximum Gasteiger partial charge on any atom is 0.123 e. The van der Waals surface area contributed by atoms with Crippen molar-refractivity contribution in [1.82, 2.24) is 0 Å². The lowest BCUT2D eigenvalue weighted by Gasteiger charge is -2.11. The molecule has 0 spiro atoms. The van der Waals surface area contributed by atoms with Crippen molar-refractivity contribution in [2.24, 2.45) is 5.73 Å². The van der Waals surface area contributed by atoms with E-state index < -0.39 is 0 Å². The number of nitrogens with two attached hydrogens (primary N) is 1. The number of nitriles is 1. The molecule has 0 aliphatic carbocycles. The molecule has 1 aromatic rings. The van der Waals surface area contributed by atoms with Crippen molar-refractivity contribution in [3.8, 4) is 17.6 Å². The van der Waals surface area contributed by atoms with Crippen LogP contribution in [0, 0.1) is 11.3 Å². The van der Waals surface area contributed by atoms with Crippen molar-refractivity contribution < 1.29 is 9.47 Å². The summed E-state index contributed by atoms with van der Waals surface area (Å²) in [5, 5.41) is 8.44. The van der Waals surface area contributed by atoms with Crippen LogP contribution in [-0.2, 0) is 0 Å². The van der Waals surface area contributed by atoms with Crippen molar-refractivity contribution in [2.45, 2.75) is 19.4 Å². The number of ether oxygens (including phenoxy) is 2. The highest BCUT2D eigenvalue weighted by atomic mass is 16.5. The van der Waals surface area contributed by atoms with Gasteiger partial charge in [-0.3, -0.25) is 0 Å². The number of benzene rings is 1. The van der Waals surface area contributed by atoms with Crippen LogP contribution in [-0.4, -0.2) is 19.3 Å². The van der Waals surface area contributed by atoms with Gasteiger partial charge in [-0.15, -0.1) is 0 Å². The van der Waals surface area contributed by atoms with Crippen LogP contribution in [0.5, 0.6) is 11.5 Å². The van der Waals surface area contributed by atoms with Gasteiger partial charge in [0.2, 0.25) is 0 Å². The minimum atomic E-state index is -0.249. The molecule has 1 rings (SSSR count). The highest BCUT2D eigenvalue weighted by Gasteiger charge is 2.03. The number of nitrogens with zero attached hydrogens (tertiary/aromatic N) is 1. The molecule has 4 heteroatoms. The normalized spacial score (nSPS) is 11.6. The summed E-state index contributed by atoms with van der Waals surface area (Å²) in [5.74, 6) is 1.48. The van der Waals surface area contributed by atoms with Crippen molar-refractivity contribution >= 4 is 0 Å². The molecular weight excluding hydrogens is 204 g/mol. The minimum absolute atomic E-state index is 0.249. The topological polar surface area (TPSA) is 68.3 Å². The summed E-state index contributed by atoms with van der Waals surface area (Å²) in [6, 6.07) is 9.12. The molecule has 1 unspecified atom stereocenters.